The van der Waals surface area contributed by atoms with E-state index in [4.69, 9.17) is 10.6 Å². The molecule has 1 amide bonds. The predicted octanol–water partition coefficient (Wildman–Crippen LogP) is 1.57. The van der Waals surface area contributed by atoms with Crippen LogP contribution in [0.25, 0.3) is 0 Å². The molecular formula is C12H18N2O2. The van der Waals surface area contributed by atoms with Gasteiger partial charge in [-0.05, 0) is 43.5 Å². The summed E-state index contributed by atoms with van der Waals surface area (Å²) in [5.74, 6) is 6.10. The van der Waals surface area contributed by atoms with E-state index in [-0.39, 0.29) is 5.91 Å². The lowest BCUT2D eigenvalue weighted by Gasteiger charge is -2.18. The molecule has 0 saturated heterocycles. The Kier molecular flexibility index (Phi) is 3.55. The largest absolute Gasteiger partial charge is 0.496 e. The van der Waals surface area contributed by atoms with Gasteiger partial charge in [-0.3, -0.25) is 9.80 Å². The molecule has 16 heavy (non-hydrogen) atoms. The molecule has 0 spiro atoms. The van der Waals surface area contributed by atoms with Gasteiger partial charge in [0.15, 0.2) is 0 Å². The van der Waals surface area contributed by atoms with Gasteiger partial charge in [-0.25, -0.2) is 5.84 Å². The number of carbonyl (C=O) groups is 1. The number of carbonyl (C=O) groups excluding carboxylic acids is 1. The van der Waals surface area contributed by atoms with Crippen molar-refractivity contribution in [2.24, 2.45) is 5.84 Å². The van der Waals surface area contributed by atoms with Crippen molar-refractivity contribution in [3.63, 3.8) is 0 Å². The molecule has 0 bridgehead atoms. The van der Waals surface area contributed by atoms with Crippen molar-refractivity contribution in [3.8, 4) is 5.75 Å². The smallest absolute Gasteiger partial charge is 0.268 e. The van der Waals surface area contributed by atoms with Gasteiger partial charge in [-0.1, -0.05) is 0 Å². The van der Waals surface area contributed by atoms with Crippen LogP contribution in [0.4, 0.5) is 0 Å². The van der Waals surface area contributed by atoms with Crippen molar-refractivity contribution < 1.29 is 9.53 Å². The highest BCUT2D eigenvalue weighted by atomic mass is 16.5. The van der Waals surface area contributed by atoms with Crippen LogP contribution in [0.2, 0.25) is 0 Å². The first-order chi connectivity index (χ1) is 7.40. The normalized spacial score (nSPS) is 10.1. The number of nitrogens with two attached hydrogens (primary N) is 1. The molecule has 0 unspecified atom stereocenters. The Balaban J connectivity index is 3.42. The zero-order valence-corrected chi connectivity index (χ0v) is 10.4. The Bertz CT molecular complexity index is 426. The Morgan fingerprint density at radius 1 is 1.31 bits per heavy atom. The zero-order valence-electron chi connectivity index (χ0n) is 10.4. The van der Waals surface area contributed by atoms with E-state index in [9.17, 15) is 4.79 Å². The number of ether oxygens (including phenoxy) is 1. The summed E-state index contributed by atoms with van der Waals surface area (Å²) < 4.78 is 5.25. The Morgan fingerprint density at radius 3 is 2.31 bits per heavy atom. The summed E-state index contributed by atoms with van der Waals surface area (Å²) in [4.78, 5) is 11.9. The molecule has 0 heterocycles. The minimum absolute atomic E-state index is 0.180. The number of amides is 1. The van der Waals surface area contributed by atoms with Gasteiger partial charge >= 0.3 is 0 Å². The number of benzene rings is 1. The van der Waals surface area contributed by atoms with Crippen LogP contribution in [-0.2, 0) is 0 Å². The quantitative estimate of drug-likeness (QED) is 0.469. The van der Waals surface area contributed by atoms with Crippen LogP contribution in [0, 0.1) is 20.8 Å². The number of rotatable bonds is 2. The first-order valence-corrected chi connectivity index (χ1v) is 5.07. The third-order valence-corrected chi connectivity index (χ3v) is 2.80. The van der Waals surface area contributed by atoms with Gasteiger partial charge < -0.3 is 4.74 Å². The average Bonchev–Trinajstić information content (AvgIpc) is 2.23. The van der Waals surface area contributed by atoms with Crippen LogP contribution in [0.5, 0.6) is 5.75 Å². The molecule has 4 nitrogen and oxygen atoms in total. The van der Waals surface area contributed by atoms with Crippen molar-refractivity contribution in [1.82, 2.24) is 5.01 Å². The van der Waals surface area contributed by atoms with Crippen molar-refractivity contribution in [3.05, 3.63) is 28.3 Å². The molecule has 0 aliphatic carbocycles. The number of hydrogen-bond acceptors (Lipinski definition) is 3. The molecule has 0 aliphatic heterocycles. The van der Waals surface area contributed by atoms with E-state index < -0.39 is 0 Å². The maximum Gasteiger partial charge on any atom is 0.268 e. The van der Waals surface area contributed by atoms with E-state index in [0.29, 0.717) is 5.56 Å². The fourth-order valence-electron chi connectivity index (χ4n) is 1.76. The molecule has 1 aromatic rings. The number of hydrazine groups is 1. The van der Waals surface area contributed by atoms with Crippen molar-refractivity contribution in [1.29, 1.82) is 0 Å². The van der Waals surface area contributed by atoms with E-state index >= 15 is 0 Å². The number of hydrogen-bond donors (Lipinski definition) is 1. The zero-order chi connectivity index (χ0) is 12.5. The van der Waals surface area contributed by atoms with Gasteiger partial charge in [-0.15, -0.1) is 0 Å². The second-order valence-corrected chi connectivity index (χ2v) is 3.94. The monoisotopic (exact) mass is 222 g/mol. The molecule has 0 saturated carbocycles. The molecule has 0 radical (unpaired) electrons. The van der Waals surface area contributed by atoms with Crippen LogP contribution in [0.15, 0.2) is 6.07 Å². The summed E-state index contributed by atoms with van der Waals surface area (Å²) >= 11 is 0. The van der Waals surface area contributed by atoms with E-state index in [1.54, 1.807) is 14.2 Å². The minimum atomic E-state index is -0.180. The number of methoxy groups -OCH3 is 1. The predicted molar refractivity (Wildman–Crippen MR) is 63.5 cm³/mol. The standard InChI is InChI=1S/C12H18N2O2/c1-7-6-10(16-5)8(2)9(3)11(7)12(15)14(4)13/h6H,13H2,1-5H3. The highest BCUT2D eigenvalue weighted by Gasteiger charge is 2.18. The third-order valence-electron chi connectivity index (χ3n) is 2.80. The first-order valence-electron chi connectivity index (χ1n) is 5.07. The Hall–Kier alpha value is -1.55. The molecule has 4 heteroatoms. The number of aryl methyl sites for hydroxylation is 1. The van der Waals surface area contributed by atoms with E-state index in [1.165, 1.54) is 0 Å². The molecule has 88 valence electrons. The van der Waals surface area contributed by atoms with Gasteiger partial charge in [0.1, 0.15) is 5.75 Å². The van der Waals surface area contributed by atoms with Gasteiger partial charge in [0.05, 0.1) is 7.11 Å². The molecule has 1 aromatic carbocycles. The van der Waals surface area contributed by atoms with Crippen LogP contribution >= 0.6 is 0 Å². The fourth-order valence-corrected chi connectivity index (χ4v) is 1.76. The lowest BCUT2D eigenvalue weighted by molar-refractivity contribution is 0.0793. The summed E-state index contributed by atoms with van der Waals surface area (Å²) in [6.45, 7) is 5.72. The highest BCUT2D eigenvalue weighted by Crippen LogP contribution is 2.27. The fraction of sp³-hybridized carbons (Fsp3) is 0.417. The maximum atomic E-state index is 11.9. The molecule has 0 aliphatic rings. The summed E-state index contributed by atoms with van der Waals surface area (Å²) in [6, 6.07) is 1.86. The lowest BCUT2D eigenvalue weighted by atomic mass is 9.96. The first kappa shape index (κ1) is 12.5. The highest BCUT2D eigenvalue weighted by molar-refractivity contribution is 5.97. The van der Waals surface area contributed by atoms with Crippen molar-refractivity contribution in [2.45, 2.75) is 20.8 Å². The molecular weight excluding hydrogens is 204 g/mol. The minimum Gasteiger partial charge on any atom is -0.496 e. The van der Waals surface area contributed by atoms with Crippen molar-refractivity contribution in [2.75, 3.05) is 14.2 Å². The molecule has 1 rings (SSSR count). The average molecular weight is 222 g/mol. The van der Waals surface area contributed by atoms with E-state index in [1.807, 2.05) is 26.8 Å². The summed E-state index contributed by atoms with van der Waals surface area (Å²) in [6.07, 6.45) is 0. The van der Waals surface area contributed by atoms with Crippen LogP contribution in [-0.4, -0.2) is 25.1 Å². The molecule has 0 fully saturated rings. The van der Waals surface area contributed by atoms with Crippen LogP contribution in [0.1, 0.15) is 27.0 Å². The molecule has 0 aromatic heterocycles. The summed E-state index contributed by atoms with van der Waals surface area (Å²) in [5, 5.41) is 1.10. The van der Waals surface area contributed by atoms with Crippen LogP contribution in [0.3, 0.4) is 0 Å². The topological polar surface area (TPSA) is 55.6 Å². The van der Waals surface area contributed by atoms with Gasteiger partial charge in [0.25, 0.3) is 5.91 Å². The van der Waals surface area contributed by atoms with Crippen LogP contribution < -0.4 is 10.6 Å². The Labute approximate surface area is 96.0 Å². The second kappa shape index (κ2) is 4.53. The molecule has 2 N–H and O–H groups in total. The number of nitrogens with zero attached hydrogens (tertiary/aromatic N) is 1. The second-order valence-electron chi connectivity index (χ2n) is 3.94. The van der Waals surface area contributed by atoms with Gasteiger partial charge in [0.2, 0.25) is 0 Å². The third kappa shape index (κ3) is 2.02. The Morgan fingerprint density at radius 2 is 1.88 bits per heavy atom. The van der Waals surface area contributed by atoms with Crippen molar-refractivity contribution >= 4 is 5.91 Å². The summed E-state index contributed by atoms with van der Waals surface area (Å²) in [7, 11) is 3.17. The SMILES string of the molecule is COc1cc(C)c(C(=O)N(C)N)c(C)c1C. The van der Waals surface area contributed by atoms with Gasteiger partial charge in [-0.2, -0.15) is 0 Å². The summed E-state index contributed by atoms with van der Waals surface area (Å²) in [5.41, 5.74) is 3.42. The van der Waals surface area contributed by atoms with E-state index in [0.717, 1.165) is 27.4 Å². The van der Waals surface area contributed by atoms with E-state index in [2.05, 4.69) is 0 Å². The molecule has 0 atom stereocenters. The van der Waals surface area contributed by atoms with Gasteiger partial charge in [0, 0.05) is 12.6 Å². The maximum absolute atomic E-state index is 11.9. The lowest BCUT2D eigenvalue weighted by Crippen LogP contribution is -2.34.